The summed E-state index contributed by atoms with van der Waals surface area (Å²) in [6.45, 7) is 2.41. The monoisotopic (exact) mass is 255 g/mol. The van der Waals surface area contributed by atoms with Gasteiger partial charge in [-0.05, 0) is 26.2 Å². The van der Waals surface area contributed by atoms with Crippen LogP contribution >= 0.6 is 11.6 Å². The summed E-state index contributed by atoms with van der Waals surface area (Å²) in [5.41, 5.74) is 1.75. The quantitative estimate of drug-likeness (QED) is 0.492. The second kappa shape index (κ2) is 4.87. The number of fused-ring (bicyclic) bond motifs is 1. The fourth-order valence-corrected chi connectivity index (χ4v) is 2.31. The summed E-state index contributed by atoms with van der Waals surface area (Å²) < 4.78 is 1.58. The molecule has 0 aromatic carbocycles. The minimum Gasteiger partial charge on any atom is -0.411 e. The molecular formula is C11H14ClN3O2. The zero-order chi connectivity index (χ0) is 12.4. The van der Waals surface area contributed by atoms with Crippen LogP contribution in [0.3, 0.4) is 0 Å². The lowest BCUT2D eigenvalue weighted by molar-refractivity contribution is 0.315. The van der Waals surface area contributed by atoms with Gasteiger partial charge in [-0.15, -0.1) is 11.6 Å². The molecule has 1 aromatic heterocycles. The van der Waals surface area contributed by atoms with Crippen LogP contribution in [0.4, 0.5) is 0 Å². The van der Waals surface area contributed by atoms with Gasteiger partial charge < -0.3 is 5.21 Å². The summed E-state index contributed by atoms with van der Waals surface area (Å²) in [5.74, 6) is 0.887. The summed E-state index contributed by atoms with van der Waals surface area (Å²) in [6.07, 6.45) is 1.96. The highest BCUT2D eigenvalue weighted by Gasteiger charge is 2.21. The van der Waals surface area contributed by atoms with E-state index in [-0.39, 0.29) is 5.56 Å². The molecule has 2 heterocycles. The molecule has 0 fully saturated rings. The molecule has 0 bridgehead atoms. The van der Waals surface area contributed by atoms with Gasteiger partial charge in [0.05, 0.1) is 0 Å². The third-order valence-corrected chi connectivity index (χ3v) is 3.18. The molecule has 0 atom stereocenters. The van der Waals surface area contributed by atoms with E-state index in [9.17, 15) is 4.79 Å². The second-order valence-electron chi connectivity index (χ2n) is 4.05. The molecule has 1 aliphatic rings. The molecule has 0 aliphatic carbocycles. The van der Waals surface area contributed by atoms with Gasteiger partial charge in [0.2, 0.25) is 0 Å². The van der Waals surface area contributed by atoms with Crippen molar-refractivity contribution in [3.8, 4) is 0 Å². The minimum atomic E-state index is -0.0611. The third-order valence-electron chi connectivity index (χ3n) is 2.99. The van der Waals surface area contributed by atoms with Crippen LogP contribution in [0.25, 0.3) is 0 Å². The standard InChI is InChI=1S/C11H14ClN3O2/c1-7-8(4-5-12)11(16)15-6-2-3-9(14-17)10(15)13-7/h17H,2-6H2,1H3. The van der Waals surface area contributed by atoms with E-state index in [0.29, 0.717) is 48.1 Å². The van der Waals surface area contributed by atoms with Crippen LogP contribution in [-0.2, 0) is 13.0 Å². The van der Waals surface area contributed by atoms with Gasteiger partial charge in [-0.3, -0.25) is 9.36 Å². The highest BCUT2D eigenvalue weighted by Crippen LogP contribution is 2.13. The van der Waals surface area contributed by atoms with E-state index in [1.165, 1.54) is 0 Å². The molecular weight excluding hydrogens is 242 g/mol. The van der Waals surface area contributed by atoms with Gasteiger partial charge >= 0.3 is 0 Å². The molecule has 0 spiro atoms. The molecule has 0 unspecified atom stereocenters. The summed E-state index contributed by atoms with van der Waals surface area (Å²) in [7, 11) is 0. The smallest absolute Gasteiger partial charge is 0.257 e. The number of aromatic nitrogens is 2. The molecule has 2 rings (SSSR count). The van der Waals surface area contributed by atoms with Crippen molar-refractivity contribution in [3.05, 3.63) is 27.4 Å². The van der Waals surface area contributed by atoms with Crippen LogP contribution < -0.4 is 5.56 Å². The predicted octanol–water partition coefficient (Wildman–Crippen LogP) is 1.31. The van der Waals surface area contributed by atoms with Crippen molar-refractivity contribution in [3.63, 3.8) is 0 Å². The predicted molar refractivity (Wildman–Crippen MR) is 65.2 cm³/mol. The first-order valence-electron chi connectivity index (χ1n) is 5.56. The largest absolute Gasteiger partial charge is 0.411 e. The van der Waals surface area contributed by atoms with Crippen LogP contribution in [-0.4, -0.2) is 26.4 Å². The summed E-state index contributed by atoms with van der Waals surface area (Å²) in [4.78, 5) is 16.6. The maximum absolute atomic E-state index is 12.2. The number of halogens is 1. The van der Waals surface area contributed by atoms with E-state index in [2.05, 4.69) is 10.1 Å². The molecule has 0 saturated carbocycles. The SMILES string of the molecule is Cc1nc2n(c(=O)c1CCCl)CCCC2=NO. The molecule has 0 saturated heterocycles. The number of oxime groups is 1. The van der Waals surface area contributed by atoms with E-state index in [1.807, 2.05) is 0 Å². The van der Waals surface area contributed by atoms with Crippen molar-refractivity contribution in [1.29, 1.82) is 0 Å². The fourth-order valence-electron chi connectivity index (χ4n) is 2.12. The number of hydrogen-bond acceptors (Lipinski definition) is 4. The molecule has 0 amide bonds. The summed E-state index contributed by atoms with van der Waals surface area (Å²) >= 11 is 5.68. The van der Waals surface area contributed by atoms with E-state index < -0.39 is 0 Å². The Kier molecular flexibility index (Phi) is 3.47. The van der Waals surface area contributed by atoms with Gasteiger partial charge in [-0.25, -0.2) is 4.98 Å². The maximum Gasteiger partial charge on any atom is 0.257 e. The zero-order valence-corrected chi connectivity index (χ0v) is 10.4. The Morgan fingerprint density at radius 3 is 3.00 bits per heavy atom. The van der Waals surface area contributed by atoms with Gasteiger partial charge in [0.25, 0.3) is 5.56 Å². The first-order chi connectivity index (χ1) is 8.19. The van der Waals surface area contributed by atoms with Crippen molar-refractivity contribution >= 4 is 17.3 Å². The molecule has 1 aliphatic heterocycles. The molecule has 6 heteroatoms. The normalized spacial score (nSPS) is 17.2. The lowest BCUT2D eigenvalue weighted by Crippen LogP contribution is -2.35. The van der Waals surface area contributed by atoms with Crippen LogP contribution in [0.2, 0.25) is 0 Å². The van der Waals surface area contributed by atoms with Crippen LogP contribution in [0.15, 0.2) is 9.95 Å². The Bertz CT molecular complexity index is 522. The first kappa shape index (κ1) is 12.1. The Hall–Kier alpha value is -1.36. The van der Waals surface area contributed by atoms with Crippen molar-refractivity contribution in [1.82, 2.24) is 9.55 Å². The lowest BCUT2D eigenvalue weighted by Gasteiger charge is -2.19. The third kappa shape index (κ3) is 2.07. The molecule has 5 nitrogen and oxygen atoms in total. The van der Waals surface area contributed by atoms with Crippen molar-refractivity contribution in [2.24, 2.45) is 5.16 Å². The average Bonchev–Trinajstić information content (AvgIpc) is 2.34. The van der Waals surface area contributed by atoms with Crippen molar-refractivity contribution in [2.45, 2.75) is 32.7 Å². The van der Waals surface area contributed by atoms with E-state index in [4.69, 9.17) is 16.8 Å². The molecule has 0 radical (unpaired) electrons. The topological polar surface area (TPSA) is 67.5 Å². The molecule has 92 valence electrons. The van der Waals surface area contributed by atoms with Crippen LogP contribution in [0.5, 0.6) is 0 Å². The van der Waals surface area contributed by atoms with Gasteiger partial charge in [0, 0.05) is 23.7 Å². The van der Waals surface area contributed by atoms with Crippen molar-refractivity contribution in [2.75, 3.05) is 5.88 Å². The van der Waals surface area contributed by atoms with Gasteiger partial charge in [-0.1, -0.05) is 5.16 Å². The van der Waals surface area contributed by atoms with Gasteiger partial charge in [-0.2, -0.15) is 0 Å². The highest BCUT2D eigenvalue weighted by atomic mass is 35.5. The number of aryl methyl sites for hydroxylation is 1. The van der Waals surface area contributed by atoms with Gasteiger partial charge in [0.15, 0.2) is 5.82 Å². The summed E-state index contributed by atoms with van der Waals surface area (Å²) in [6, 6.07) is 0. The lowest BCUT2D eigenvalue weighted by atomic mass is 10.1. The second-order valence-corrected chi connectivity index (χ2v) is 4.42. The Balaban J connectivity index is 2.63. The van der Waals surface area contributed by atoms with Gasteiger partial charge in [0.1, 0.15) is 5.71 Å². The average molecular weight is 256 g/mol. The van der Waals surface area contributed by atoms with E-state index >= 15 is 0 Å². The Morgan fingerprint density at radius 2 is 2.35 bits per heavy atom. The Morgan fingerprint density at radius 1 is 1.59 bits per heavy atom. The van der Waals surface area contributed by atoms with E-state index in [0.717, 1.165) is 6.42 Å². The number of alkyl halides is 1. The molecule has 17 heavy (non-hydrogen) atoms. The maximum atomic E-state index is 12.2. The van der Waals surface area contributed by atoms with Crippen LogP contribution in [0.1, 0.15) is 29.9 Å². The zero-order valence-electron chi connectivity index (χ0n) is 9.61. The molecule has 1 aromatic rings. The Labute approximate surface area is 104 Å². The molecule has 1 N–H and O–H groups in total. The fraction of sp³-hybridized carbons (Fsp3) is 0.545. The number of hydrogen-bond donors (Lipinski definition) is 1. The first-order valence-corrected chi connectivity index (χ1v) is 6.10. The highest BCUT2D eigenvalue weighted by molar-refractivity contribution is 6.18. The van der Waals surface area contributed by atoms with E-state index in [1.54, 1.807) is 11.5 Å². The summed E-state index contributed by atoms with van der Waals surface area (Å²) in [5, 5.41) is 12.1. The number of nitrogens with zero attached hydrogens (tertiary/aromatic N) is 3. The van der Waals surface area contributed by atoms with Crippen LogP contribution in [0, 0.1) is 6.92 Å². The number of rotatable bonds is 2. The minimum absolute atomic E-state index is 0.0611. The van der Waals surface area contributed by atoms with Crippen molar-refractivity contribution < 1.29 is 5.21 Å².